The Hall–Kier alpha value is -2.32. The van der Waals surface area contributed by atoms with Crippen molar-refractivity contribution in [1.29, 1.82) is 0 Å². The normalized spacial score (nSPS) is 15.3. The summed E-state index contributed by atoms with van der Waals surface area (Å²) in [6, 6.07) is 1.90. The quantitative estimate of drug-likeness (QED) is 0.808. The maximum atomic E-state index is 12.5. The molecule has 0 bridgehead atoms. The van der Waals surface area contributed by atoms with Gasteiger partial charge in [0.15, 0.2) is 0 Å². The molecule has 3 heterocycles. The van der Waals surface area contributed by atoms with Crippen LogP contribution in [-0.4, -0.2) is 67.7 Å². The first-order valence-corrected chi connectivity index (χ1v) is 8.45. The smallest absolute Gasteiger partial charge is 0.223 e. The first-order chi connectivity index (χ1) is 12.0. The van der Waals surface area contributed by atoms with Crippen molar-refractivity contribution in [2.24, 2.45) is 0 Å². The van der Waals surface area contributed by atoms with Crippen LogP contribution in [0.1, 0.15) is 29.6 Å². The third-order valence-corrected chi connectivity index (χ3v) is 4.26. The number of carbonyl (C=O) groups excluding carboxylic acids is 1. The summed E-state index contributed by atoms with van der Waals surface area (Å²) < 4.78 is 1.89. The molecule has 0 radical (unpaired) electrons. The van der Waals surface area contributed by atoms with Gasteiger partial charge in [0.05, 0.1) is 30.2 Å². The Morgan fingerprint density at radius 2 is 2.20 bits per heavy atom. The Morgan fingerprint density at radius 3 is 2.92 bits per heavy atom. The maximum Gasteiger partial charge on any atom is 0.223 e. The second kappa shape index (κ2) is 7.71. The summed E-state index contributed by atoms with van der Waals surface area (Å²) in [4.78, 5) is 24.4. The van der Waals surface area contributed by atoms with Crippen LogP contribution in [0.15, 0.2) is 24.7 Å². The SMILES string of the molecule is CN(C)C[C@@H](O)c1cc2n(n1)CCN(C(=O)CCc1cnccn1)C2. The third-order valence-electron chi connectivity index (χ3n) is 4.26. The fourth-order valence-corrected chi connectivity index (χ4v) is 2.96. The van der Waals surface area contributed by atoms with Gasteiger partial charge < -0.3 is 14.9 Å². The van der Waals surface area contributed by atoms with Gasteiger partial charge in [-0.1, -0.05) is 0 Å². The number of hydrogen-bond acceptors (Lipinski definition) is 6. The van der Waals surface area contributed by atoms with Gasteiger partial charge >= 0.3 is 0 Å². The second-order valence-electron chi connectivity index (χ2n) is 6.57. The number of rotatable bonds is 6. The van der Waals surface area contributed by atoms with E-state index in [1.165, 1.54) is 0 Å². The number of aryl methyl sites for hydroxylation is 1. The molecule has 1 aliphatic rings. The Morgan fingerprint density at radius 1 is 1.36 bits per heavy atom. The molecule has 0 saturated carbocycles. The van der Waals surface area contributed by atoms with E-state index >= 15 is 0 Å². The lowest BCUT2D eigenvalue weighted by atomic mass is 10.2. The molecule has 0 spiro atoms. The predicted octanol–water partition coefficient (Wildman–Crippen LogP) is 0.243. The van der Waals surface area contributed by atoms with Gasteiger partial charge in [0, 0.05) is 38.1 Å². The second-order valence-corrected chi connectivity index (χ2v) is 6.57. The van der Waals surface area contributed by atoms with Crippen LogP contribution in [0.5, 0.6) is 0 Å². The molecule has 0 aromatic carbocycles. The third kappa shape index (κ3) is 4.40. The Kier molecular flexibility index (Phi) is 5.40. The Balaban J connectivity index is 1.59. The average Bonchev–Trinajstić information content (AvgIpc) is 3.03. The van der Waals surface area contributed by atoms with E-state index in [9.17, 15) is 9.90 Å². The number of aromatic nitrogens is 4. The van der Waals surface area contributed by atoms with Crippen LogP contribution in [0.2, 0.25) is 0 Å². The molecule has 3 rings (SSSR count). The highest BCUT2D eigenvalue weighted by molar-refractivity contribution is 5.76. The maximum absolute atomic E-state index is 12.5. The molecule has 1 atom stereocenters. The minimum atomic E-state index is -0.617. The van der Waals surface area contributed by atoms with Crippen molar-refractivity contribution in [3.63, 3.8) is 0 Å². The molecule has 1 amide bonds. The molecule has 0 saturated heterocycles. The number of hydrogen-bond donors (Lipinski definition) is 1. The largest absolute Gasteiger partial charge is 0.385 e. The lowest BCUT2D eigenvalue weighted by Crippen LogP contribution is -2.38. The molecule has 134 valence electrons. The zero-order valence-electron chi connectivity index (χ0n) is 14.7. The molecule has 1 N–H and O–H groups in total. The van der Waals surface area contributed by atoms with E-state index in [1.54, 1.807) is 18.6 Å². The van der Waals surface area contributed by atoms with Crippen LogP contribution in [0, 0.1) is 0 Å². The standard InChI is InChI=1S/C17H24N6O2/c1-21(2)12-16(24)15-9-14-11-22(7-8-23(14)20-15)17(25)4-3-13-10-18-5-6-19-13/h5-6,9-10,16,24H,3-4,7-8,11-12H2,1-2H3/t16-/m1/s1. The van der Waals surface area contributed by atoms with E-state index in [1.807, 2.05) is 34.6 Å². The van der Waals surface area contributed by atoms with Gasteiger partial charge in [0.2, 0.25) is 5.91 Å². The summed E-state index contributed by atoms with van der Waals surface area (Å²) in [6.07, 6.45) is 5.35. The first-order valence-electron chi connectivity index (χ1n) is 8.45. The van der Waals surface area contributed by atoms with Crippen LogP contribution < -0.4 is 0 Å². The minimum absolute atomic E-state index is 0.105. The van der Waals surface area contributed by atoms with E-state index in [-0.39, 0.29) is 5.91 Å². The number of aliphatic hydroxyl groups excluding tert-OH is 1. The van der Waals surface area contributed by atoms with Crippen molar-refractivity contribution in [2.75, 3.05) is 27.2 Å². The highest BCUT2D eigenvalue weighted by atomic mass is 16.3. The zero-order chi connectivity index (χ0) is 17.8. The van der Waals surface area contributed by atoms with Gasteiger partial charge in [-0.3, -0.25) is 19.4 Å². The fraction of sp³-hybridized carbons (Fsp3) is 0.529. The molecule has 2 aromatic rings. The van der Waals surface area contributed by atoms with Crippen LogP contribution in [0.4, 0.5) is 0 Å². The van der Waals surface area contributed by atoms with Gasteiger partial charge in [-0.15, -0.1) is 0 Å². The molecule has 0 unspecified atom stereocenters. The van der Waals surface area contributed by atoms with Crippen molar-refractivity contribution in [1.82, 2.24) is 29.5 Å². The van der Waals surface area contributed by atoms with Crippen molar-refractivity contribution < 1.29 is 9.90 Å². The number of likely N-dealkylation sites (N-methyl/N-ethyl adjacent to an activating group) is 1. The van der Waals surface area contributed by atoms with E-state index in [2.05, 4.69) is 15.1 Å². The van der Waals surface area contributed by atoms with Crippen molar-refractivity contribution >= 4 is 5.91 Å². The van der Waals surface area contributed by atoms with Gasteiger partial charge in [-0.05, 0) is 26.6 Å². The van der Waals surface area contributed by atoms with Crippen LogP contribution >= 0.6 is 0 Å². The molecule has 0 aliphatic carbocycles. The predicted molar refractivity (Wildman–Crippen MR) is 91.5 cm³/mol. The highest BCUT2D eigenvalue weighted by Crippen LogP contribution is 2.19. The van der Waals surface area contributed by atoms with E-state index in [0.29, 0.717) is 44.7 Å². The number of carbonyl (C=O) groups is 1. The van der Waals surface area contributed by atoms with E-state index < -0.39 is 6.10 Å². The van der Waals surface area contributed by atoms with E-state index in [0.717, 1.165) is 11.4 Å². The lowest BCUT2D eigenvalue weighted by molar-refractivity contribution is -0.132. The molecule has 8 heteroatoms. The average molecular weight is 344 g/mol. The van der Waals surface area contributed by atoms with Gasteiger partial charge in [0.25, 0.3) is 0 Å². The number of fused-ring (bicyclic) bond motifs is 1. The molecular weight excluding hydrogens is 320 g/mol. The van der Waals surface area contributed by atoms with Crippen molar-refractivity contribution in [2.45, 2.75) is 32.0 Å². The number of aliphatic hydroxyl groups is 1. The minimum Gasteiger partial charge on any atom is -0.385 e. The Labute approximate surface area is 147 Å². The summed E-state index contributed by atoms with van der Waals surface area (Å²) in [5, 5.41) is 14.7. The van der Waals surface area contributed by atoms with Crippen LogP contribution in [0.25, 0.3) is 0 Å². The molecule has 2 aromatic heterocycles. The van der Waals surface area contributed by atoms with Gasteiger partial charge in [-0.2, -0.15) is 5.10 Å². The van der Waals surface area contributed by atoms with Crippen molar-refractivity contribution in [3.05, 3.63) is 41.7 Å². The van der Waals surface area contributed by atoms with Crippen LogP contribution in [-0.2, 0) is 24.3 Å². The number of nitrogens with zero attached hydrogens (tertiary/aromatic N) is 6. The molecular formula is C17H24N6O2. The summed E-state index contributed by atoms with van der Waals surface area (Å²) in [5.74, 6) is 0.105. The number of amides is 1. The molecule has 1 aliphatic heterocycles. The molecule has 8 nitrogen and oxygen atoms in total. The molecule has 25 heavy (non-hydrogen) atoms. The zero-order valence-corrected chi connectivity index (χ0v) is 14.7. The van der Waals surface area contributed by atoms with Gasteiger partial charge in [0.1, 0.15) is 6.10 Å². The summed E-state index contributed by atoms with van der Waals surface area (Å²) in [5.41, 5.74) is 2.46. The summed E-state index contributed by atoms with van der Waals surface area (Å²) >= 11 is 0. The Bertz CT molecular complexity index is 715. The summed E-state index contributed by atoms with van der Waals surface area (Å²) in [6.45, 7) is 2.34. The lowest BCUT2D eigenvalue weighted by Gasteiger charge is -2.27. The van der Waals surface area contributed by atoms with Gasteiger partial charge in [-0.25, -0.2) is 0 Å². The first kappa shape index (κ1) is 17.5. The topological polar surface area (TPSA) is 87.4 Å². The highest BCUT2D eigenvalue weighted by Gasteiger charge is 2.24. The van der Waals surface area contributed by atoms with Crippen LogP contribution in [0.3, 0.4) is 0 Å². The van der Waals surface area contributed by atoms with Crippen molar-refractivity contribution in [3.8, 4) is 0 Å². The van der Waals surface area contributed by atoms with E-state index in [4.69, 9.17) is 0 Å². The fourth-order valence-electron chi connectivity index (χ4n) is 2.96. The monoisotopic (exact) mass is 344 g/mol. The molecule has 0 fully saturated rings. The summed E-state index contributed by atoms with van der Waals surface area (Å²) in [7, 11) is 3.83.